The van der Waals surface area contributed by atoms with Crippen LogP contribution in [0.1, 0.15) is 43.1 Å². The predicted molar refractivity (Wildman–Crippen MR) is 114 cm³/mol. The molecule has 11 heteroatoms. The van der Waals surface area contributed by atoms with Crippen LogP contribution >= 0.6 is 0 Å². The molecule has 0 aliphatic heterocycles. The molecule has 0 fully saturated rings. The Kier molecular flexibility index (Phi) is 7.47. The fraction of sp³-hybridized carbons (Fsp3) is 0.300. The second-order valence-corrected chi connectivity index (χ2v) is 9.50. The van der Waals surface area contributed by atoms with Crippen molar-refractivity contribution in [2.45, 2.75) is 37.5 Å². The lowest BCUT2D eigenvalue weighted by Crippen LogP contribution is -2.42. The summed E-state index contributed by atoms with van der Waals surface area (Å²) in [6, 6.07) is 11.5. The quantitative estimate of drug-likeness (QED) is 0.436. The Hall–Kier alpha value is -3.31. The Morgan fingerprint density at radius 2 is 1.68 bits per heavy atom. The molecule has 0 saturated carbocycles. The molecular formula is C20H24N4O6S. The van der Waals surface area contributed by atoms with Gasteiger partial charge in [-0.15, -0.1) is 0 Å². The van der Waals surface area contributed by atoms with Gasteiger partial charge in [-0.3, -0.25) is 30.6 Å². The SMILES string of the molecule is CC(C)(C)c1ccc(S(=O)(=O)NCCC(=O)NNC(=O)c2cccc([N+](=O)[O-])c2)cc1. The number of nitro groups is 1. The van der Waals surface area contributed by atoms with Gasteiger partial charge in [-0.1, -0.05) is 39.0 Å². The van der Waals surface area contributed by atoms with E-state index in [0.29, 0.717) is 0 Å². The Labute approximate surface area is 180 Å². The van der Waals surface area contributed by atoms with E-state index >= 15 is 0 Å². The van der Waals surface area contributed by atoms with Crippen LogP contribution in [0.3, 0.4) is 0 Å². The molecule has 0 spiro atoms. The van der Waals surface area contributed by atoms with Crippen molar-refractivity contribution in [2.75, 3.05) is 6.54 Å². The zero-order valence-electron chi connectivity index (χ0n) is 17.3. The van der Waals surface area contributed by atoms with Crippen molar-refractivity contribution in [3.05, 3.63) is 69.8 Å². The van der Waals surface area contributed by atoms with Gasteiger partial charge in [-0.05, 0) is 29.2 Å². The topological polar surface area (TPSA) is 148 Å². The standard InChI is InChI=1S/C20H24N4O6S/c1-20(2,3)15-7-9-17(10-8-15)31(29,30)21-12-11-18(25)22-23-19(26)14-5-4-6-16(13-14)24(27)28/h4-10,13,21H,11-12H2,1-3H3,(H,22,25)(H,23,26). The maximum Gasteiger partial charge on any atom is 0.270 e. The molecule has 2 amide bonds. The van der Waals surface area contributed by atoms with E-state index in [9.17, 15) is 28.1 Å². The molecule has 0 aliphatic rings. The van der Waals surface area contributed by atoms with Crippen molar-refractivity contribution in [3.63, 3.8) is 0 Å². The zero-order chi connectivity index (χ0) is 23.2. The molecule has 0 aliphatic carbocycles. The van der Waals surface area contributed by atoms with Gasteiger partial charge in [0.05, 0.1) is 9.82 Å². The highest BCUT2D eigenvalue weighted by atomic mass is 32.2. The third-order valence-corrected chi connectivity index (χ3v) is 5.79. The van der Waals surface area contributed by atoms with E-state index in [1.165, 1.54) is 30.3 Å². The number of carbonyl (C=O) groups excluding carboxylic acids is 2. The Bertz CT molecular complexity index is 1080. The first-order chi connectivity index (χ1) is 14.4. The second-order valence-electron chi connectivity index (χ2n) is 7.73. The van der Waals surface area contributed by atoms with Crippen molar-refractivity contribution in [1.29, 1.82) is 0 Å². The highest BCUT2D eigenvalue weighted by molar-refractivity contribution is 7.89. The number of benzene rings is 2. The number of carbonyl (C=O) groups is 2. The van der Waals surface area contributed by atoms with Crippen molar-refractivity contribution in [1.82, 2.24) is 15.6 Å². The largest absolute Gasteiger partial charge is 0.273 e. The fourth-order valence-corrected chi connectivity index (χ4v) is 3.57. The highest BCUT2D eigenvalue weighted by Crippen LogP contribution is 2.23. The van der Waals surface area contributed by atoms with E-state index in [-0.39, 0.29) is 34.5 Å². The first-order valence-corrected chi connectivity index (χ1v) is 10.8. The number of non-ortho nitro benzene ring substituents is 1. The van der Waals surface area contributed by atoms with Crippen molar-refractivity contribution in [2.24, 2.45) is 0 Å². The molecule has 166 valence electrons. The number of nitro benzene ring substituents is 1. The fourth-order valence-electron chi connectivity index (χ4n) is 2.54. The monoisotopic (exact) mass is 448 g/mol. The smallest absolute Gasteiger partial charge is 0.270 e. The van der Waals surface area contributed by atoms with Crippen molar-refractivity contribution >= 4 is 27.5 Å². The number of hydrogen-bond acceptors (Lipinski definition) is 6. The lowest BCUT2D eigenvalue weighted by molar-refractivity contribution is -0.384. The average Bonchev–Trinajstić information content (AvgIpc) is 2.71. The minimum Gasteiger partial charge on any atom is -0.273 e. The lowest BCUT2D eigenvalue weighted by Gasteiger charge is -2.19. The first-order valence-electron chi connectivity index (χ1n) is 9.34. The van der Waals surface area contributed by atoms with Gasteiger partial charge in [-0.2, -0.15) is 0 Å². The average molecular weight is 449 g/mol. The number of amides is 2. The molecular weight excluding hydrogens is 424 g/mol. The summed E-state index contributed by atoms with van der Waals surface area (Å²) in [5.74, 6) is -1.37. The third-order valence-electron chi connectivity index (χ3n) is 4.31. The van der Waals surface area contributed by atoms with Crippen LogP contribution in [0.15, 0.2) is 53.4 Å². The molecule has 0 radical (unpaired) electrons. The maximum absolute atomic E-state index is 12.3. The van der Waals surface area contributed by atoms with E-state index in [1.54, 1.807) is 12.1 Å². The van der Waals surface area contributed by atoms with Crippen LogP contribution in [-0.4, -0.2) is 31.7 Å². The summed E-state index contributed by atoms with van der Waals surface area (Å²) in [5.41, 5.74) is 4.88. The molecule has 0 unspecified atom stereocenters. The van der Waals surface area contributed by atoms with Crippen LogP contribution in [0.2, 0.25) is 0 Å². The number of hydrazine groups is 1. The van der Waals surface area contributed by atoms with Crippen LogP contribution in [0, 0.1) is 10.1 Å². The van der Waals surface area contributed by atoms with Gasteiger partial charge in [0, 0.05) is 30.7 Å². The number of hydrogen-bond donors (Lipinski definition) is 3. The van der Waals surface area contributed by atoms with Gasteiger partial charge in [-0.25, -0.2) is 13.1 Å². The molecule has 2 rings (SSSR count). The van der Waals surface area contributed by atoms with Crippen LogP contribution in [0.25, 0.3) is 0 Å². The van der Waals surface area contributed by atoms with E-state index in [2.05, 4.69) is 15.6 Å². The van der Waals surface area contributed by atoms with Crippen LogP contribution in [0.5, 0.6) is 0 Å². The van der Waals surface area contributed by atoms with E-state index < -0.39 is 26.8 Å². The Morgan fingerprint density at radius 3 is 2.26 bits per heavy atom. The van der Waals surface area contributed by atoms with Crippen LogP contribution in [-0.2, 0) is 20.2 Å². The molecule has 0 bridgehead atoms. The summed E-state index contributed by atoms with van der Waals surface area (Å²) in [6.45, 7) is 5.88. The number of sulfonamides is 1. The Morgan fingerprint density at radius 1 is 1.03 bits per heavy atom. The molecule has 10 nitrogen and oxygen atoms in total. The van der Waals surface area contributed by atoms with Crippen molar-refractivity contribution < 1.29 is 22.9 Å². The normalized spacial score (nSPS) is 11.6. The lowest BCUT2D eigenvalue weighted by atomic mass is 9.87. The van der Waals surface area contributed by atoms with Gasteiger partial charge in [0.2, 0.25) is 15.9 Å². The van der Waals surface area contributed by atoms with E-state index in [4.69, 9.17) is 0 Å². The summed E-state index contributed by atoms with van der Waals surface area (Å²) in [4.78, 5) is 34.0. The predicted octanol–water partition coefficient (Wildman–Crippen LogP) is 2.02. The molecule has 2 aromatic carbocycles. The summed E-state index contributed by atoms with van der Waals surface area (Å²) in [5, 5.41) is 10.8. The molecule has 0 aromatic heterocycles. The molecule has 2 aromatic rings. The van der Waals surface area contributed by atoms with E-state index in [1.807, 2.05) is 20.8 Å². The summed E-state index contributed by atoms with van der Waals surface area (Å²) >= 11 is 0. The van der Waals surface area contributed by atoms with E-state index in [0.717, 1.165) is 11.6 Å². The van der Waals surface area contributed by atoms with Crippen molar-refractivity contribution in [3.8, 4) is 0 Å². The van der Waals surface area contributed by atoms with Crippen LogP contribution in [0.4, 0.5) is 5.69 Å². The second kappa shape index (κ2) is 9.67. The number of nitrogens with one attached hydrogen (secondary N) is 3. The Balaban J connectivity index is 1.84. The van der Waals surface area contributed by atoms with Gasteiger partial charge in [0.15, 0.2) is 0 Å². The minimum absolute atomic E-state index is 0.00564. The maximum atomic E-state index is 12.3. The summed E-state index contributed by atoms with van der Waals surface area (Å²) < 4.78 is 27.0. The number of nitrogens with zero attached hydrogens (tertiary/aromatic N) is 1. The molecule has 0 saturated heterocycles. The molecule has 31 heavy (non-hydrogen) atoms. The number of rotatable bonds is 7. The summed E-state index contributed by atoms with van der Waals surface area (Å²) in [7, 11) is -3.79. The minimum atomic E-state index is -3.79. The van der Waals surface area contributed by atoms with Gasteiger partial charge >= 0.3 is 0 Å². The zero-order valence-corrected chi connectivity index (χ0v) is 18.2. The molecule has 0 atom stereocenters. The van der Waals surface area contributed by atoms with Gasteiger partial charge in [0.1, 0.15) is 0 Å². The van der Waals surface area contributed by atoms with Crippen LogP contribution < -0.4 is 15.6 Å². The first kappa shape index (κ1) is 24.0. The molecule has 3 N–H and O–H groups in total. The van der Waals surface area contributed by atoms with Gasteiger partial charge < -0.3 is 0 Å². The summed E-state index contributed by atoms with van der Waals surface area (Å²) in [6.07, 6.45) is -0.228. The third kappa shape index (κ3) is 6.86. The highest BCUT2D eigenvalue weighted by Gasteiger charge is 2.18. The van der Waals surface area contributed by atoms with Gasteiger partial charge in [0.25, 0.3) is 11.6 Å². The molecule has 0 heterocycles.